The van der Waals surface area contributed by atoms with Crippen LogP contribution in [0, 0.1) is 0 Å². The minimum absolute atomic E-state index is 0.443. The number of nitrogens with zero attached hydrogens (tertiary/aromatic N) is 6. The fraction of sp³-hybridized carbons (Fsp3) is 0.133. The summed E-state index contributed by atoms with van der Waals surface area (Å²) in [5, 5.41) is 17.9. The molecule has 0 aliphatic heterocycles. The van der Waals surface area contributed by atoms with Gasteiger partial charge in [-0.15, -0.1) is 5.10 Å². The topological polar surface area (TPSA) is 106 Å². The Kier molecular flexibility index (Phi) is 3.50. The molecule has 0 unspecified atom stereocenters. The summed E-state index contributed by atoms with van der Waals surface area (Å²) >= 11 is 0. The number of hydrogen-bond donors (Lipinski definition) is 2. The molecular weight excluding hydrogens is 308 g/mol. The van der Waals surface area contributed by atoms with E-state index in [4.69, 9.17) is 4.74 Å². The molecule has 0 saturated heterocycles. The largest absolute Gasteiger partial charge is 0.494 e. The van der Waals surface area contributed by atoms with Crippen LogP contribution in [0.1, 0.15) is 6.92 Å². The SMILES string of the molecule is CCOc1ccc(-n2nnc3cnc(Nc4cn[nH]c4)nc32)cc1. The highest BCUT2D eigenvalue weighted by molar-refractivity contribution is 5.72. The smallest absolute Gasteiger partial charge is 0.229 e. The second-order valence-corrected chi connectivity index (χ2v) is 4.94. The van der Waals surface area contributed by atoms with Crippen molar-refractivity contribution in [1.29, 1.82) is 0 Å². The lowest BCUT2D eigenvalue weighted by Crippen LogP contribution is -2.01. The highest BCUT2D eigenvalue weighted by Gasteiger charge is 2.10. The molecule has 3 aromatic heterocycles. The molecule has 0 radical (unpaired) electrons. The first-order valence-corrected chi connectivity index (χ1v) is 7.41. The highest BCUT2D eigenvalue weighted by atomic mass is 16.5. The van der Waals surface area contributed by atoms with E-state index in [-0.39, 0.29) is 0 Å². The lowest BCUT2D eigenvalue weighted by Gasteiger charge is -2.05. The summed E-state index contributed by atoms with van der Waals surface area (Å²) < 4.78 is 7.11. The van der Waals surface area contributed by atoms with Gasteiger partial charge in [-0.1, -0.05) is 5.21 Å². The minimum Gasteiger partial charge on any atom is -0.494 e. The van der Waals surface area contributed by atoms with Gasteiger partial charge < -0.3 is 10.1 Å². The maximum absolute atomic E-state index is 5.45. The number of fused-ring (bicyclic) bond motifs is 1. The normalized spacial score (nSPS) is 10.9. The van der Waals surface area contributed by atoms with Gasteiger partial charge in [0.05, 0.1) is 30.4 Å². The van der Waals surface area contributed by atoms with Gasteiger partial charge in [0.25, 0.3) is 0 Å². The molecule has 0 fully saturated rings. The molecule has 0 spiro atoms. The zero-order chi connectivity index (χ0) is 16.4. The van der Waals surface area contributed by atoms with E-state index in [1.807, 2.05) is 31.2 Å². The summed E-state index contributed by atoms with van der Waals surface area (Å²) in [4.78, 5) is 8.72. The number of nitrogens with one attached hydrogen (secondary N) is 2. The van der Waals surface area contributed by atoms with Crippen molar-refractivity contribution in [2.24, 2.45) is 0 Å². The van der Waals surface area contributed by atoms with E-state index in [0.29, 0.717) is 23.7 Å². The van der Waals surface area contributed by atoms with Gasteiger partial charge >= 0.3 is 0 Å². The third-order valence-electron chi connectivity index (χ3n) is 3.34. The zero-order valence-electron chi connectivity index (χ0n) is 12.8. The molecule has 0 atom stereocenters. The van der Waals surface area contributed by atoms with Crippen LogP contribution in [-0.2, 0) is 0 Å². The fourth-order valence-corrected chi connectivity index (χ4v) is 2.26. The molecule has 4 aromatic rings. The van der Waals surface area contributed by atoms with Gasteiger partial charge in [0.1, 0.15) is 5.75 Å². The third kappa shape index (κ3) is 2.62. The first-order valence-electron chi connectivity index (χ1n) is 7.41. The summed E-state index contributed by atoms with van der Waals surface area (Å²) in [7, 11) is 0. The van der Waals surface area contributed by atoms with Crippen LogP contribution < -0.4 is 10.1 Å². The molecular formula is C15H14N8O. The second-order valence-electron chi connectivity index (χ2n) is 4.94. The summed E-state index contributed by atoms with van der Waals surface area (Å²) in [6.07, 6.45) is 4.99. The van der Waals surface area contributed by atoms with Gasteiger partial charge in [-0.2, -0.15) is 14.8 Å². The number of rotatable bonds is 5. The molecule has 3 heterocycles. The fourth-order valence-electron chi connectivity index (χ4n) is 2.26. The zero-order valence-corrected chi connectivity index (χ0v) is 12.8. The van der Waals surface area contributed by atoms with Crippen molar-refractivity contribution in [3.63, 3.8) is 0 Å². The van der Waals surface area contributed by atoms with E-state index in [1.54, 1.807) is 23.3 Å². The van der Waals surface area contributed by atoms with Crippen molar-refractivity contribution in [1.82, 2.24) is 35.2 Å². The van der Waals surface area contributed by atoms with Crippen LogP contribution in [0.15, 0.2) is 42.9 Å². The predicted octanol–water partition coefficient (Wildman–Crippen LogP) is 2.08. The number of aromatic nitrogens is 7. The van der Waals surface area contributed by atoms with Gasteiger partial charge in [-0.05, 0) is 31.2 Å². The first-order chi connectivity index (χ1) is 11.8. The quantitative estimate of drug-likeness (QED) is 0.579. The van der Waals surface area contributed by atoms with Crippen molar-refractivity contribution in [3.8, 4) is 11.4 Å². The molecule has 120 valence electrons. The van der Waals surface area contributed by atoms with Crippen molar-refractivity contribution in [3.05, 3.63) is 42.9 Å². The van der Waals surface area contributed by atoms with Gasteiger partial charge in [-0.3, -0.25) is 5.10 Å². The maximum atomic E-state index is 5.45. The van der Waals surface area contributed by atoms with Gasteiger partial charge in [0.2, 0.25) is 5.95 Å². The van der Waals surface area contributed by atoms with Crippen LogP contribution in [-0.4, -0.2) is 41.8 Å². The standard InChI is InChI=1S/C15H14N8O/c1-2-24-12-5-3-11(4-6-12)23-14-13(21-22-23)9-16-15(20-14)19-10-7-17-18-8-10/h3-9H,2H2,1H3,(H,17,18)(H,16,19,20). The molecule has 9 nitrogen and oxygen atoms in total. The van der Waals surface area contributed by atoms with Crippen LogP contribution in [0.2, 0.25) is 0 Å². The number of hydrogen-bond acceptors (Lipinski definition) is 7. The molecule has 0 amide bonds. The molecule has 0 bridgehead atoms. The van der Waals surface area contributed by atoms with Crippen LogP contribution in [0.3, 0.4) is 0 Å². The van der Waals surface area contributed by atoms with Gasteiger partial charge in [0, 0.05) is 6.20 Å². The van der Waals surface area contributed by atoms with E-state index < -0.39 is 0 Å². The molecule has 24 heavy (non-hydrogen) atoms. The third-order valence-corrected chi connectivity index (χ3v) is 3.34. The van der Waals surface area contributed by atoms with Crippen molar-refractivity contribution in [2.45, 2.75) is 6.92 Å². The summed E-state index contributed by atoms with van der Waals surface area (Å²) in [6.45, 7) is 2.58. The Balaban J connectivity index is 1.70. The van der Waals surface area contributed by atoms with E-state index in [2.05, 4.69) is 35.8 Å². The summed E-state index contributed by atoms with van der Waals surface area (Å²) in [5.74, 6) is 1.25. The number of benzene rings is 1. The minimum atomic E-state index is 0.443. The molecule has 4 rings (SSSR count). The average Bonchev–Trinajstić information content (AvgIpc) is 3.25. The number of H-pyrrole nitrogens is 1. The molecule has 9 heteroatoms. The average molecular weight is 322 g/mol. The Labute approximate surface area is 136 Å². The second kappa shape index (κ2) is 5.95. The van der Waals surface area contributed by atoms with Crippen molar-refractivity contribution >= 4 is 22.8 Å². The Bertz CT molecular complexity index is 945. The van der Waals surface area contributed by atoms with E-state index in [9.17, 15) is 0 Å². The Morgan fingerprint density at radius 3 is 2.83 bits per heavy atom. The summed E-state index contributed by atoms with van der Waals surface area (Å²) in [5.41, 5.74) is 2.84. The summed E-state index contributed by atoms with van der Waals surface area (Å²) in [6, 6.07) is 7.59. The monoisotopic (exact) mass is 322 g/mol. The van der Waals surface area contributed by atoms with Gasteiger partial charge in [0.15, 0.2) is 11.2 Å². The van der Waals surface area contributed by atoms with Crippen LogP contribution in [0.4, 0.5) is 11.6 Å². The molecule has 0 aliphatic carbocycles. The van der Waals surface area contributed by atoms with Crippen molar-refractivity contribution < 1.29 is 4.74 Å². The van der Waals surface area contributed by atoms with E-state index in [1.165, 1.54) is 0 Å². The number of anilines is 2. The first kappa shape index (κ1) is 14.1. The maximum Gasteiger partial charge on any atom is 0.229 e. The van der Waals surface area contributed by atoms with Crippen LogP contribution in [0.25, 0.3) is 16.9 Å². The van der Waals surface area contributed by atoms with E-state index >= 15 is 0 Å². The Morgan fingerprint density at radius 1 is 1.21 bits per heavy atom. The predicted molar refractivity (Wildman–Crippen MR) is 87.5 cm³/mol. The number of aromatic amines is 1. The Hall–Kier alpha value is -3.49. The van der Waals surface area contributed by atoms with Crippen LogP contribution in [0.5, 0.6) is 5.75 Å². The Morgan fingerprint density at radius 2 is 2.08 bits per heavy atom. The lowest BCUT2D eigenvalue weighted by atomic mass is 10.3. The van der Waals surface area contributed by atoms with Crippen LogP contribution >= 0.6 is 0 Å². The van der Waals surface area contributed by atoms with Crippen molar-refractivity contribution in [2.75, 3.05) is 11.9 Å². The number of ether oxygens (including phenoxy) is 1. The molecule has 2 N–H and O–H groups in total. The molecule has 0 saturated carbocycles. The molecule has 1 aromatic carbocycles. The van der Waals surface area contributed by atoms with Gasteiger partial charge in [-0.25, -0.2) is 4.98 Å². The highest BCUT2D eigenvalue weighted by Crippen LogP contribution is 2.19. The molecule has 0 aliphatic rings. The van der Waals surface area contributed by atoms with E-state index in [0.717, 1.165) is 17.1 Å². The lowest BCUT2D eigenvalue weighted by molar-refractivity contribution is 0.340.